The van der Waals surface area contributed by atoms with Crippen molar-refractivity contribution in [1.29, 1.82) is 0 Å². The van der Waals surface area contributed by atoms with Crippen molar-refractivity contribution in [2.75, 3.05) is 43.8 Å². The van der Waals surface area contributed by atoms with Crippen LogP contribution in [0.5, 0.6) is 0 Å². The van der Waals surface area contributed by atoms with Crippen molar-refractivity contribution in [3.63, 3.8) is 0 Å². The maximum absolute atomic E-state index is 12.4. The van der Waals surface area contributed by atoms with Gasteiger partial charge in [-0.3, -0.25) is 9.69 Å². The van der Waals surface area contributed by atoms with Crippen LogP contribution in [0.2, 0.25) is 0 Å². The molecule has 1 N–H and O–H groups in total. The normalized spacial score (nSPS) is 15.3. The molecular formula is C17H23N5OS2. The topological polar surface area (TPSA) is 61.4 Å². The van der Waals surface area contributed by atoms with Gasteiger partial charge in [0, 0.05) is 39.3 Å². The van der Waals surface area contributed by atoms with Crippen molar-refractivity contribution >= 4 is 34.1 Å². The molecule has 1 aromatic carbocycles. The Morgan fingerprint density at radius 3 is 2.68 bits per heavy atom. The second-order valence-electron chi connectivity index (χ2n) is 5.83. The zero-order valence-corrected chi connectivity index (χ0v) is 16.0. The molecule has 25 heavy (non-hydrogen) atoms. The van der Waals surface area contributed by atoms with Crippen LogP contribution in [0, 0.1) is 0 Å². The number of hydrogen-bond donors (Lipinski definition) is 1. The van der Waals surface area contributed by atoms with Crippen molar-refractivity contribution in [1.82, 2.24) is 20.0 Å². The number of thioether (sulfide) groups is 1. The lowest BCUT2D eigenvalue weighted by molar-refractivity contribution is -0.130. The second kappa shape index (κ2) is 9.17. The molecule has 134 valence electrons. The minimum absolute atomic E-state index is 0.185. The molecule has 3 rings (SSSR count). The highest BCUT2D eigenvalue weighted by Gasteiger charge is 2.21. The number of hydrogen-bond acceptors (Lipinski definition) is 7. The van der Waals surface area contributed by atoms with E-state index in [2.05, 4.69) is 44.7 Å². The molecule has 2 aromatic rings. The third-order valence-electron chi connectivity index (χ3n) is 4.03. The first-order valence-electron chi connectivity index (χ1n) is 8.49. The molecule has 6 nitrogen and oxygen atoms in total. The molecule has 1 fully saturated rings. The molecule has 0 bridgehead atoms. The molecular weight excluding hydrogens is 354 g/mol. The molecule has 1 aromatic heterocycles. The van der Waals surface area contributed by atoms with Gasteiger partial charge in [-0.1, -0.05) is 53.4 Å². The molecule has 1 saturated heterocycles. The lowest BCUT2D eigenvalue weighted by atomic mass is 10.2. The minimum Gasteiger partial charge on any atom is -0.360 e. The van der Waals surface area contributed by atoms with Crippen LogP contribution in [0.25, 0.3) is 0 Å². The highest BCUT2D eigenvalue weighted by atomic mass is 32.2. The van der Waals surface area contributed by atoms with Crippen molar-refractivity contribution in [3.05, 3.63) is 35.9 Å². The largest absolute Gasteiger partial charge is 0.360 e. The second-order valence-corrected chi connectivity index (χ2v) is 8.03. The molecule has 0 aliphatic carbocycles. The van der Waals surface area contributed by atoms with E-state index < -0.39 is 0 Å². The third-order valence-corrected chi connectivity index (χ3v) is 6.03. The number of amides is 1. The number of benzene rings is 1. The first-order chi connectivity index (χ1) is 12.2. The van der Waals surface area contributed by atoms with Gasteiger partial charge in [-0.2, -0.15) is 0 Å². The molecule has 0 radical (unpaired) electrons. The van der Waals surface area contributed by atoms with Gasteiger partial charge in [-0.25, -0.2) is 0 Å². The number of aromatic nitrogens is 2. The average Bonchev–Trinajstić information content (AvgIpc) is 3.09. The van der Waals surface area contributed by atoms with Crippen LogP contribution in [0.4, 0.5) is 5.13 Å². The van der Waals surface area contributed by atoms with Gasteiger partial charge in [0.15, 0.2) is 4.34 Å². The van der Waals surface area contributed by atoms with E-state index in [-0.39, 0.29) is 5.91 Å². The van der Waals surface area contributed by atoms with Crippen LogP contribution < -0.4 is 5.32 Å². The first kappa shape index (κ1) is 18.2. The molecule has 8 heteroatoms. The summed E-state index contributed by atoms with van der Waals surface area (Å²) in [5.41, 5.74) is 1.32. The van der Waals surface area contributed by atoms with E-state index in [9.17, 15) is 4.79 Å². The van der Waals surface area contributed by atoms with Gasteiger partial charge >= 0.3 is 0 Å². The molecule has 0 unspecified atom stereocenters. The number of carbonyl (C=O) groups excluding carboxylic acids is 1. The van der Waals surface area contributed by atoms with Crippen LogP contribution in [0.15, 0.2) is 34.7 Å². The van der Waals surface area contributed by atoms with E-state index in [1.165, 1.54) is 28.7 Å². The first-order valence-corrected chi connectivity index (χ1v) is 10.3. The number of carbonyl (C=O) groups is 1. The summed E-state index contributed by atoms with van der Waals surface area (Å²) in [5, 5.41) is 12.1. The Kier molecular flexibility index (Phi) is 6.66. The van der Waals surface area contributed by atoms with E-state index in [1.807, 2.05) is 17.9 Å². The summed E-state index contributed by atoms with van der Waals surface area (Å²) < 4.78 is 0.840. The van der Waals surface area contributed by atoms with E-state index in [1.54, 1.807) is 0 Å². The van der Waals surface area contributed by atoms with E-state index in [0.717, 1.165) is 48.7 Å². The lowest BCUT2D eigenvalue weighted by Gasteiger charge is -2.34. The van der Waals surface area contributed by atoms with Gasteiger partial charge in [-0.15, -0.1) is 10.2 Å². The maximum atomic E-state index is 12.4. The van der Waals surface area contributed by atoms with Gasteiger partial charge in [0.05, 0.1) is 5.75 Å². The van der Waals surface area contributed by atoms with E-state index in [4.69, 9.17) is 0 Å². The van der Waals surface area contributed by atoms with Crippen LogP contribution in [0.1, 0.15) is 12.5 Å². The zero-order chi connectivity index (χ0) is 17.5. The minimum atomic E-state index is 0.185. The fourth-order valence-corrected chi connectivity index (χ4v) is 4.43. The summed E-state index contributed by atoms with van der Waals surface area (Å²) in [6.45, 7) is 7.25. The molecule has 1 aliphatic rings. The number of nitrogens with zero attached hydrogens (tertiary/aromatic N) is 4. The van der Waals surface area contributed by atoms with Gasteiger partial charge in [-0.05, 0) is 12.5 Å². The van der Waals surface area contributed by atoms with E-state index >= 15 is 0 Å². The predicted octanol–water partition coefficient (Wildman–Crippen LogP) is 2.41. The Morgan fingerprint density at radius 2 is 1.96 bits per heavy atom. The summed E-state index contributed by atoms with van der Waals surface area (Å²) in [5.74, 6) is 0.615. The van der Waals surface area contributed by atoms with Crippen LogP contribution in [0.3, 0.4) is 0 Å². The molecule has 0 atom stereocenters. The Morgan fingerprint density at radius 1 is 1.20 bits per heavy atom. The SMILES string of the molecule is CCNc1nnc(SCC(=O)N2CCN(Cc3ccccc3)CC2)s1. The third kappa shape index (κ3) is 5.42. The quantitative estimate of drug-likeness (QED) is 0.748. The Bertz CT molecular complexity index is 671. The maximum Gasteiger partial charge on any atom is 0.233 e. The predicted molar refractivity (Wildman–Crippen MR) is 103 cm³/mol. The number of piperazine rings is 1. The number of nitrogens with one attached hydrogen (secondary N) is 1. The summed E-state index contributed by atoms with van der Waals surface area (Å²) in [6.07, 6.45) is 0. The summed E-state index contributed by atoms with van der Waals surface area (Å²) in [4.78, 5) is 16.8. The number of rotatable bonds is 7. The smallest absolute Gasteiger partial charge is 0.233 e. The molecule has 1 amide bonds. The van der Waals surface area contributed by atoms with Crippen LogP contribution in [-0.4, -0.2) is 64.4 Å². The summed E-state index contributed by atoms with van der Waals surface area (Å²) >= 11 is 2.97. The molecule has 2 heterocycles. The highest BCUT2D eigenvalue weighted by Crippen LogP contribution is 2.25. The summed E-state index contributed by atoms with van der Waals surface area (Å²) in [6, 6.07) is 10.5. The molecule has 0 spiro atoms. The van der Waals surface area contributed by atoms with Gasteiger partial charge in [0.2, 0.25) is 11.0 Å². The van der Waals surface area contributed by atoms with Crippen molar-refractivity contribution in [3.8, 4) is 0 Å². The van der Waals surface area contributed by atoms with Crippen molar-refractivity contribution in [2.24, 2.45) is 0 Å². The average molecular weight is 378 g/mol. The van der Waals surface area contributed by atoms with Crippen LogP contribution >= 0.6 is 23.1 Å². The zero-order valence-electron chi connectivity index (χ0n) is 14.4. The van der Waals surface area contributed by atoms with Crippen molar-refractivity contribution in [2.45, 2.75) is 17.8 Å². The monoisotopic (exact) mass is 377 g/mol. The van der Waals surface area contributed by atoms with Gasteiger partial charge in [0.25, 0.3) is 0 Å². The summed E-state index contributed by atoms with van der Waals surface area (Å²) in [7, 11) is 0. The standard InChI is InChI=1S/C17H23N5OS2/c1-2-18-16-19-20-17(25-16)24-13-15(23)22-10-8-21(9-11-22)12-14-6-4-3-5-7-14/h3-7H,2,8-13H2,1H3,(H,18,19). The fraction of sp³-hybridized carbons (Fsp3) is 0.471. The number of anilines is 1. The van der Waals surface area contributed by atoms with Crippen LogP contribution in [-0.2, 0) is 11.3 Å². The lowest BCUT2D eigenvalue weighted by Crippen LogP contribution is -2.48. The highest BCUT2D eigenvalue weighted by molar-refractivity contribution is 8.01. The molecule has 1 aliphatic heterocycles. The fourth-order valence-electron chi connectivity index (χ4n) is 2.70. The van der Waals surface area contributed by atoms with E-state index in [0.29, 0.717) is 5.75 Å². The Labute approximate surface area is 156 Å². The Hall–Kier alpha value is -1.64. The van der Waals surface area contributed by atoms with Gasteiger partial charge < -0.3 is 10.2 Å². The van der Waals surface area contributed by atoms with Gasteiger partial charge in [0.1, 0.15) is 0 Å². The molecule has 0 saturated carbocycles. The van der Waals surface area contributed by atoms with Crippen molar-refractivity contribution < 1.29 is 4.79 Å². The Balaban J connectivity index is 1.40.